The molecule has 0 spiro atoms. The van der Waals surface area contributed by atoms with Crippen molar-refractivity contribution in [2.45, 2.75) is 230 Å². The van der Waals surface area contributed by atoms with Crippen molar-refractivity contribution in [2.24, 2.45) is 0 Å². The largest absolute Gasteiger partial charge is 0.472 e. The number of aliphatic hydroxyl groups excluding tert-OH is 5. The number of esters is 2. The molecule has 1 aliphatic carbocycles. The standard InChI is InChI=1S/C44H81O13P/c1-3-5-7-9-11-13-15-17-18-19-20-21-23-24-26-28-30-32-37(45)54-34-36(56-38(46)33-31-29-27-25-22-16-14-12-10-8-6-4-2)35-55-58(52,53)57-44-42(50)40(48)39(47)41(49)43(44)51/h20-21,24,26,36,39-44,47-51H,3-19,22-23,25,27-35H2,1-2H3,(H,52,53)/b21-20+,26-24+/t36-,39?,40-,41?,42?,43?,44?/m0/s1. The molecule has 0 aromatic carbocycles. The van der Waals surface area contributed by atoms with Crippen LogP contribution in [0.3, 0.4) is 0 Å². The molecule has 0 aliphatic heterocycles. The maximum atomic E-state index is 12.8. The lowest BCUT2D eigenvalue weighted by molar-refractivity contribution is -0.220. The summed E-state index contributed by atoms with van der Waals surface area (Å²) < 4.78 is 33.4. The van der Waals surface area contributed by atoms with Gasteiger partial charge in [-0.3, -0.25) is 18.6 Å². The van der Waals surface area contributed by atoms with E-state index in [-0.39, 0.29) is 12.8 Å². The van der Waals surface area contributed by atoms with Crippen molar-refractivity contribution < 1.29 is 63.1 Å². The van der Waals surface area contributed by atoms with Gasteiger partial charge in [0.15, 0.2) is 6.10 Å². The highest BCUT2D eigenvalue weighted by Gasteiger charge is 2.51. The van der Waals surface area contributed by atoms with E-state index in [0.29, 0.717) is 19.3 Å². The summed E-state index contributed by atoms with van der Waals surface area (Å²) >= 11 is 0. The fraction of sp³-hybridized carbons (Fsp3) is 0.864. The third-order valence-electron chi connectivity index (χ3n) is 10.5. The Morgan fingerprint density at radius 2 is 0.948 bits per heavy atom. The van der Waals surface area contributed by atoms with E-state index in [1.165, 1.54) is 103 Å². The summed E-state index contributed by atoms with van der Waals surface area (Å²) in [7, 11) is -5.12. The summed E-state index contributed by atoms with van der Waals surface area (Å²) in [5.41, 5.74) is 0. The molecule has 0 aromatic rings. The smallest absolute Gasteiger partial charge is 0.462 e. The van der Waals surface area contributed by atoms with Gasteiger partial charge in [0.05, 0.1) is 6.61 Å². The average molecular weight is 849 g/mol. The first-order valence-electron chi connectivity index (χ1n) is 22.6. The molecule has 0 saturated heterocycles. The second-order valence-corrected chi connectivity index (χ2v) is 17.3. The molecule has 14 heteroatoms. The Balaban J connectivity index is 2.49. The van der Waals surface area contributed by atoms with Gasteiger partial charge in [0, 0.05) is 12.8 Å². The van der Waals surface area contributed by atoms with Crippen molar-refractivity contribution in [3.8, 4) is 0 Å². The average Bonchev–Trinajstić information content (AvgIpc) is 3.20. The van der Waals surface area contributed by atoms with Gasteiger partial charge < -0.3 is 39.9 Å². The van der Waals surface area contributed by atoms with Crippen molar-refractivity contribution in [2.75, 3.05) is 13.2 Å². The van der Waals surface area contributed by atoms with Gasteiger partial charge in [-0.2, -0.15) is 0 Å². The first-order chi connectivity index (χ1) is 27.9. The minimum absolute atomic E-state index is 0.0918. The maximum absolute atomic E-state index is 12.8. The van der Waals surface area contributed by atoms with E-state index >= 15 is 0 Å². The topological polar surface area (TPSA) is 210 Å². The van der Waals surface area contributed by atoms with Gasteiger partial charge in [0.25, 0.3) is 0 Å². The number of aliphatic hydroxyl groups is 5. The molecular formula is C44H81O13P. The van der Waals surface area contributed by atoms with Gasteiger partial charge in [-0.15, -0.1) is 0 Å². The number of allylic oxidation sites excluding steroid dienone is 4. The number of hydrogen-bond donors (Lipinski definition) is 6. The first kappa shape index (κ1) is 54.3. The molecular weight excluding hydrogens is 767 g/mol. The van der Waals surface area contributed by atoms with Crippen molar-refractivity contribution >= 4 is 19.8 Å². The van der Waals surface area contributed by atoms with Gasteiger partial charge in [0.1, 0.15) is 43.2 Å². The Morgan fingerprint density at radius 3 is 1.45 bits per heavy atom. The third kappa shape index (κ3) is 27.2. The SMILES string of the molecule is CCCCCCCCCCC/C=C/C/C=C/CCCC(=O)OC[C@@H](COP(=O)(O)OC1C(O)C(O)C(O)[C@H](O)C1O)OC(=O)CCCCCCCCCCCCCC. The Labute approximate surface area is 349 Å². The molecule has 340 valence electrons. The Kier molecular flexibility index (Phi) is 32.8. The van der Waals surface area contributed by atoms with Crippen LogP contribution in [0, 0.1) is 0 Å². The highest BCUT2D eigenvalue weighted by atomic mass is 31.2. The lowest BCUT2D eigenvalue weighted by atomic mass is 9.85. The molecule has 1 rings (SSSR count). The van der Waals surface area contributed by atoms with Crippen LogP contribution < -0.4 is 0 Å². The summed E-state index contributed by atoms with van der Waals surface area (Å²) in [6, 6.07) is 0. The van der Waals surface area contributed by atoms with Crippen molar-refractivity contribution in [3.63, 3.8) is 0 Å². The first-order valence-corrected chi connectivity index (χ1v) is 24.1. The van der Waals surface area contributed by atoms with Gasteiger partial charge in [0.2, 0.25) is 0 Å². The van der Waals surface area contributed by atoms with Crippen LogP contribution in [0.1, 0.15) is 187 Å². The third-order valence-corrected chi connectivity index (χ3v) is 11.5. The van der Waals surface area contributed by atoms with Crippen LogP contribution in [0.15, 0.2) is 24.3 Å². The highest BCUT2D eigenvalue weighted by molar-refractivity contribution is 7.47. The molecule has 0 aromatic heterocycles. The highest BCUT2D eigenvalue weighted by Crippen LogP contribution is 2.47. The number of ether oxygens (including phenoxy) is 2. The van der Waals surface area contributed by atoms with E-state index in [4.69, 9.17) is 18.5 Å². The predicted molar refractivity (Wildman–Crippen MR) is 226 cm³/mol. The summed E-state index contributed by atoms with van der Waals surface area (Å²) in [5.74, 6) is -1.15. The van der Waals surface area contributed by atoms with E-state index in [1.54, 1.807) is 0 Å². The van der Waals surface area contributed by atoms with E-state index in [1.807, 2.05) is 6.08 Å². The summed E-state index contributed by atoms with van der Waals surface area (Å²) in [4.78, 5) is 35.6. The number of hydrogen-bond acceptors (Lipinski definition) is 12. The summed E-state index contributed by atoms with van der Waals surface area (Å²) in [6.45, 7) is 3.25. The number of carbonyl (C=O) groups is 2. The maximum Gasteiger partial charge on any atom is 0.472 e. The Hall–Kier alpha value is -1.67. The van der Waals surface area contributed by atoms with Crippen LogP contribution in [0.25, 0.3) is 0 Å². The van der Waals surface area contributed by atoms with Gasteiger partial charge in [-0.05, 0) is 38.5 Å². The molecule has 8 atom stereocenters. The lowest BCUT2D eigenvalue weighted by Gasteiger charge is -2.41. The van der Waals surface area contributed by atoms with Gasteiger partial charge in [-0.1, -0.05) is 160 Å². The van der Waals surface area contributed by atoms with E-state index in [0.717, 1.165) is 38.5 Å². The van der Waals surface area contributed by atoms with E-state index in [9.17, 15) is 44.6 Å². The van der Waals surface area contributed by atoms with Crippen LogP contribution in [0.4, 0.5) is 0 Å². The zero-order valence-electron chi connectivity index (χ0n) is 35.8. The van der Waals surface area contributed by atoms with Crippen LogP contribution >= 0.6 is 7.82 Å². The van der Waals surface area contributed by atoms with Crippen LogP contribution in [-0.4, -0.2) is 98.3 Å². The lowest BCUT2D eigenvalue weighted by Crippen LogP contribution is -2.64. The zero-order chi connectivity index (χ0) is 42.9. The summed E-state index contributed by atoms with van der Waals surface area (Å²) in [6.07, 6.45) is 23.9. The number of phosphoric acid groups is 1. The quantitative estimate of drug-likeness (QED) is 0.0150. The fourth-order valence-corrected chi connectivity index (χ4v) is 7.83. The number of unbranched alkanes of at least 4 members (excludes halogenated alkanes) is 21. The van der Waals surface area contributed by atoms with Crippen molar-refractivity contribution in [1.29, 1.82) is 0 Å². The monoisotopic (exact) mass is 849 g/mol. The molecule has 0 amide bonds. The summed E-state index contributed by atoms with van der Waals surface area (Å²) in [5, 5.41) is 50.1. The molecule has 6 unspecified atom stereocenters. The molecule has 0 bridgehead atoms. The van der Waals surface area contributed by atoms with Crippen LogP contribution in [0.5, 0.6) is 0 Å². The minimum Gasteiger partial charge on any atom is -0.462 e. The van der Waals surface area contributed by atoms with E-state index in [2.05, 4.69) is 32.1 Å². The van der Waals surface area contributed by atoms with Crippen LogP contribution in [-0.2, 0) is 32.7 Å². The van der Waals surface area contributed by atoms with E-state index < -0.39 is 75.7 Å². The predicted octanol–water partition coefficient (Wildman–Crippen LogP) is 8.45. The minimum atomic E-state index is -5.12. The molecule has 13 nitrogen and oxygen atoms in total. The Bertz CT molecular complexity index is 1120. The Morgan fingerprint density at radius 1 is 0.534 bits per heavy atom. The molecule has 58 heavy (non-hydrogen) atoms. The molecule has 1 aliphatic rings. The fourth-order valence-electron chi connectivity index (χ4n) is 6.86. The number of rotatable bonds is 37. The van der Waals surface area contributed by atoms with Gasteiger partial charge >= 0.3 is 19.8 Å². The second kappa shape index (κ2) is 35.0. The van der Waals surface area contributed by atoms with Crippen molar-refractivity contribution in [1.82, 2.24) is 0 Å². The normalized spacial score (nSPS) is 22.7. The molecule has 1 fully saturated rings. The second-order valence-electron chi connectivity index (χ2n) is 15.9. The molecule has 6 N–H and O–H groups in total. The van der Waals surface area contributed by atoms with Crippen LogP contribution in [0.2, 0.25) is 0 Å². The molecule has 0 heterocycles. The zero-order valence-corrected chi connectivity index (χ0v) is 36.7. The molecule has 0 radical (unpaired) electrons. The molecule has 1 saturated carbocycles. The van der Waals surface area contributed by atoms with Crippen molar-refractivity contribution in [3.05, 3.63) is 24.3 Å². The van der Waals surface area contributed by atoms with Gasteiger partial charge in [-0.25, -0.2) is 4.57 Å². The number of phosphoric ester groups is 1. The number of carbonyl (C=O) groups excluding carboxylic acids is 2.